The molecule has 1 saturated heterocycles. The van der Waals surface area contributed by atoms with E-state index in [1.165, 1.54) is 0 Å². The molecule has 3 nitrogen and oxygen atoms in total. The minimum atomic E-state index is -0.256. The van der Waals surface area contributed by atoms with E-state index in [1.54, 1.807) is 4.90 Å². The maximum Gasteiger partial charge on any atom is 0.223 e. The third kappa shape index (κ3) is 2.70. The molecular weight excluding hydrogens is 238 g/mol. The van der Waals surface area contributed by atoms with Gasteiger partial charge < -0.3 is 4.90 Å². The van der Waals surface area contributed by atoms with Crippen LogP contribution in [0.15, 0.2) is 18.2 Å². The molecule has 1 aliphatic rings. The third-order valence-electron chi connectivity index (χ3n) is 3.74. The molecule has 1 aliphatic heterocycles. The second-order valence-corrected chi connectivity index (χ2v) is 5.32. The van der Waals surface area contributed by atoms with Gasteiger partial charge in [0.15, 0.2) is 5.78 Å². The summed E-state index contributed by atoms with van der Waals surface area (Å²) in [6.07, 6.45) is 2.05. The highest BCUT2D eigenvalue weighted by Gasteiger charge is 2.35. The Balaban J connectivity index is 2.25. The van der Waals surface area contributed by atoms with Crippen LogP contribution in [0, 0.1) is 13.8 Å². The molecule has 0 aliphatic carbocycles. The van der Waals surface area contributed by atoms with E-state index in [0.29, 0.717) is 19.4 Å². The third-order valence-corrected chi connectivity index (χ3v) is 3.74. The fourth-order valence-electron chi connectivity index (χ4n) is 2.80. The highest BCUT2D eigenvalue weighted by atomic mass is 16.2. The van der Waals surface area contributed by atoms with Crippen molar-refractivity contribution in [2.24, 2.45) is 0 Å². The van der Waals surface area contributed by atoms with Gasteiger partial charge in [-0.25, -0.2) is 0 Å². The second-order valence-electron chi connectivity index (χ2n) is 5.32. The fourth-order valence-corrected chi connectivity index (χ4v) is 2.80. The van der Waals surface area contributed by atoms with Crippen molar-refractivity contribution in [2.45, 2.75) is 46.1 Å². The first-order valence-corrected chi connectivity index (χ1v) is 6.95. The topological polar surface area (TPSA) is 37.4 Å². The van der Waals surface area contributed by atoms with E-state index < -0.39 is 0 Å². The number of amides is 1. The van der Waals surface area contributed by atoms with Crippen LogP contribution >= 0.6 is 0 Å². The molecule has 1 atom stereocenters. The Morgan fingerprint density at radius 1 is 1.37 bits per heavy atom. The highest BCUT2D eigenvalue weighted by Crippen LogP contribution is 2.24. The van der Waals surface area contributed by atoms with E-state index in [0.717, 1.165) is 23.1 Å². The van der Waals surface area contributed by atoms with Crippen LogP contribution in [0.4, 0.5) is 0 Å². The molecule has 0 N–H and O–H groups in total. The van der Waals surface area contributed by atoms with Crippen molar-refractivity contribution in [2.75, 3.05) is 6.54 Å². The molecule has 0 saturated carbocycles. The Morgan fingerprint density at radius 3 is 2.74 bits per heavy atom. The molecule has 1 amide bonds. The predicted molar refractivity (Wildman–Crippen MR) is 75.3 cm³/mol. The van der Waals surface area contributed by atoms with Crippen LogP contribution < -0.4 is 0 Å². The summed E-state index contributed by atoms with van der Waals surface area (Å²) in [6, 6.07) is 5.61. The Labute approximate surface area is 114 Å². The number of benzene rings is 1. The number of nitrogens with zero attached hydrogens (tertiary/aromatic N) is 1. The van der Waals surface area contributed by atoms with E-state index in [9.17, 15) is 9.59 Å². The Hall–Kier alpha value is -1.64. The van der Waals surface area contributed by atoms with Gasteiger partial charge in [0.05, 0.1) is 6.04 Å². The lowest BCUT2D eigenvalue weighted by Crippen LogP contribution is -2.39. The molecule has 2 rings (SSSR count). The van der Waals surface area contributed by atoms with Gasteiger partial charge in [0.25, 0.3) is 0 Å². The van der Waals surface area contributed by atoms with Crippen LogP contribution in [-0.4, -0.2) is 29.2 Å². The van der Waals surface area contributed by atoms with Gasteiger partial charge in [-0.2, -0.15) is 0 Å². The van der Waals surface area contributed by atoms with Crippen molar-refractivity contribution in [3.63, 3.8) is 0 Å². The fraction of sp³-hybridized carbons (Fsp3) is 0.500. The van der Waals surface area contributed by atoms with Gasteiger partial charge in [-0.3, -0.25) is 9.59 Å². The van der Waals surface area contributed by atoms with Crippen molar-refractivity contribution < 1.29 is 9.59 Å². The summed E-state index contributed by atoms with van der Waals surface area (Å²) < 4.78 is 0. The van der Waals surface area contributed by atoms with Gasteiger partial charge in [0.2, 0.25) is 5.91 Å². The van der Waals surface area contributed by atoms with Gasteiger partial charge in [0, 0.05) is 18.5 Å². The van der Waals surface area contributed by atoms with Gasteiger partial charge >= 0.3 is 0 Å². The summed E-state index contributed by atoms with van der Waals surface area (Å²) in [4.78, 5) is 26.2. The zero-order valence-corrected chi connectivity index (χ0v) is 11.9. The van der Waals surface area contributed by atoms with E-state index in [1.807, 2.05) is 39.0 Å². The van der Waals surface area contributed by atoms with E-state index in [2.05, 4.69) is 0 Å². The molecule has 19 heavy (non-hydrogen) atoms. The van der Waals surface area contributed by atoms with Crippen LogP contribution in [0.25, 0.3) is 0 Å². The molecule has 0 aromatic heterocycles. The monoisotopic (exact) mass is 259 g/mol. The average molecular weight is 259 g/mol. The number of carbonyl (C=O) groups excluding carboxylic acids is 2. The van der Waals surface area contributed by atoms with Crippen LogP contribution in [0.5, 0.6) is 0 Å². The number of likely N-dealkylation sites (tertiary alicyclic amines) is 1. The first-order chi connectivity index (χ1) is 9.04. The minimum absolute atomic E-state index is 0.0943. The van der Waals surface area contributed by atoms with Crippen molar-refractivity contribution in [3.05, 3.63) is 34.9 Å². The molecular formula is C16H21NO2. The van der Waals surface area contributed by atoms with Crippen molar-refractivity contribution in [1.82, 2.24) is 4.90 Å². The van der Waals surface area contributed by atoms with Crippen molar-refractivity contribution in [3.8, 4) is 0 Å². The lowest BCUT2D eigenvalue weighted by atomic mass is 9.96. The SMILES string of the molecule is CCCN1C(=O)CCC1C(=O)c1ccc(C)cc1C. The zero-order valence-electron chi connectivity index (χ0n) is 11.9. The Morgan fingerprint density at radius 2 is 2.11 bits per heavy atom. The number of aryl methyl sites for hydroxylation is 2. The smallest absolute Gasteiger partial charge is 0.223 e. The van der Waals surface area contributed by atoms with Crippen LogP contribution in [-0.2, 0) is 4.79 Å². The maximum atomic E-state index is 12.6. The van der Waals surface area contributed by atoms with Crippen LogP contribution in [0.2, 0.25) is 0 Å². The van der Waals surface area contributed by atoms with Crippen molar-refractivity contribution in [1.29, 1.82) is 0 Å². The van der Waals surface area contributed by atoms with E-state index in [-0.39, 0.29) is 17.7 Å². The molecule has 1 unspecified atom stereocenters. The highest BCUT2D eigenvalue weighted by molar-refractivity contribution is 6.04. The quantitative estimate of drug-likeness (QED) is 0.780. The first kappa shape index (κ1) is 13.8. The summed E-state index contributed by atoms with van der Waals surface area (Å²) in [5.41, 5.74) is 2.91. The minimum Gasteiger partial charge on any atom is -0.332 e. The number of rotatable bonds is 4. The normalized spacial score (nSPS) is 19.0. The summed E-state index contributed by atoms with van der Waals surface area (Å²) in [7, 11) is 0. The Bertz CT molecular complexity index is 507. The second kappa shape index (κ2) is 5.55. The summed E-state index contributed by atoms with van der Waals surface area (Å²) >= 11 is 0. The molecule has 0 spiro atoms. The van der Waals surface area contributed by atoms with E-state index >= 15 is 0 Å². The molecule has 102 valence electrons. The maximum absolute atomic E-state index is 12.6. The van der Waals surface area contributed by atoms with Gasteiger partial charge in [-0.15, -0.1) is 0 Å². The summed E-state index contributed by atoms with van der Waals surface area (Å²) in [5.74, 6) is 0.210. The summed E-state index contributed by atoms with van der Waals surface area (Å²) in [6.45, 7) is 6.69. The van der Waals surface area contributed by atoms with Gasteiger partial charge in [0.1, 0.15) is 0 Å². The standard InChI is InChI=1S/C16H21NO2/c1-4-9-17-14(7-8-15(17)18)16(19)13-6-5-11(2)10-12(13)3/h5-6,10,14H,4,7-9H2,1-3H3. The first-order valence-electron chi connectivity index (χ1n) is 6.95. The van der Waals surface area contributed by atoms with Gasteiger partial charge in [-0.05, 0) is 32.3 Å². The molecule has 1 aromatic carbocycles. The lowest BCUT2D eigenvalue weighted by molar-refractivity contribution is -0.128. The van der Waals surface area contributed by atoms with E-state index in [4.69, 9.17) is 0 Å². The predicted octanol–water partition coefficient (Wildman–Crippen LogP) is 2.89. The molecule has 1 fully saturated rings. The van der Waals surface area contributed by atoms with Crippen molar-refractivity contribution >= 4 is 11.7 Å². The lowest BCUT2D eigenvalue weighted by Gasteiger charge is -2.23. The van der Waals surface area contributed by atoms with Crippen LogP contribution in [0.3, 0.4) is 0 Å². The molecule has 0 radical (unpaired) electrons. The zero-order chi connectivity index (χ0) is 14.0. The average Bonchev–Trinajstić information content (AvgIpc) is 2.71. The number of Topliss-reactive ketones (excluding diaryl/α,β-unsaturated/α-hetero) is 1. The Kier molecular flexibility index (Phi) is 4.03. The number of hydrogen-bond donors (Lipinski definition) is 0. The number of ketones is 1. The summed E-state index contributed by atoms with van der Waals surface area (Å²) in [5, 5.41) is 0. The number of hydrogen-bond acceptors (Lipinski definition) is 2. The largest absolute Gasteiger partial charge is 0.332 e. The van der Waals surface area contributed by atoms with Gasteiger partial charge in [-0.1, -0.05) is 30.7 Å². The molecule has 3 heteroatoms. The molecule has 1 aromatic rings. The molecule has 0 bridgehead atoms. The molecule has 1 heterocycles. The number of carbonyl (C=O) groups is 2. The van der Waals surface area contributed by atoms with Crippen LogP contribution in [0.1, 0.15) is 47.7 Å².